The number of carbonyl (C=O) groups is 1. The minimum Gasteiger partial charge on any atom is -0.492 e. The summed E-state index contributed by atoms with van der Waals surface area (Å²) in [6.07, 6.45) is 0. The number of ether oxygens (including phenoxy) is 1. The molecule has 2 aromatic carbocycles. The number of para-hydroxylation sites is 1. The van der Waals surface area contributed by atoms with Gasteiger partial charge in [0.15, 0.2) is 0 Å². The summed E-state index contributed by atoms with van der Waals surface area (Å²) in [5.74, 6) is 0.303. The van der Waals surface area contributed by atoms with Gasteiger partial charge in [0.2, 0.25) is 0 Å². The number of nitrogens with one attached hydrogen (secondary N) is 1. The Morgan fingerprint density at radius 2 is 1.80 bits per heavy atom. The molecule has 0 saturated heterocycles. The summed E-state index contributed by atoms with van der Waals surface area (Å²) < 4.78 is 5.55. The van der Waals surface area contributed by atoms with Crippen LogP contribution in [-0.4, -0.2) is 19.1 Å². The van der Waals surface area contributed by atoms with Crippen molar-refractivity contribution in [2.75, 3.05) is 24.2 Å². The van der Waals surface area contributed by atoms with Crippen molar-refractivity contribution in [1.82, 2.24) is 0 Å². The van der Waals surface area contributed by atoms with Crippen molar-refractivity contribution in [2.24, 2.45) is 5.73 Å². The van der Waals surface area contributed by atoms with E-state index in [0.717, 1.165) is 5.75 Å². The maximum Gasteiger partial charge on any atom is 0.250 e. The zero-order valence-corrected chi connectivity index (χ0v) is 11.0. The minimum absolute atomic E-state index is 0.451. The first kappa shape index (κ1) is 13.7. The second-order valence-corrected chi connectivity index (χ2v) is 4.25. The second kappa shape index (κ2) is 6.47. The van der Waals surface area contributed by atoms with E-state index < -0.39 is 5.91 Å². The van der Waals surface area contributed by atoms with Crippen LogP contribution in [0.25, 0.3) is 0 Å². The first-order valence-electron chi connectivity index (χ1n) is 6.28. The number of nitrogens with two attached hydrogens (primary N) is 2. The van der Waals surface area contributed by atoms with Crippen molar-refractivity contribution in [3.63, 3.8) is 0 Å². The highest BCUT2D eigenvalue weighted by molar-refractivity contribution is 5.98. The Hall–Kier alpha value is -2.69. The third kappa shape index (κ3) is 3.65. The molecule has 0 radical (unpaired) electrons. The quantitative estimate of drug-likeness (QED) is 0.552. The number of primary amides is 1. The lowest BCUT2D eigenvalue weighted by Crippen LogP contribution is -2.17. The van der Waals surface area contributed by atoms with Gasteiger partial charge in [0, 0.05) is 17.9 Å². The molecule has 0 aliphatic carbocycles. The lowest BCUT2D eigenvalue weighted by atomic mass is 10.1. The molecule has 5 heteroatoms. The normalized spacial score (nSPS) is 10.0. The third-order valence-corrected chi connectivity index (χ3v) is 2.76. The van der Waals surface area contributed by atoms with E-state index in [9.17, 15) is 4.79 Å². The molecule has 0 saturated carbocycles. The van der Waals surface area contributed by atoms with Gasteiger partial charge < -0.3 is 21.5 Å². The van der Waals surface area contributed by atoms with E-state index in [-0.39, 0.29) is 0 Å². The summed E-state index contributed by atoms with van der Waals surface area (Å²) in [4.78, 5) is 11.2. The number of hydrogen-bond acceptors (Lipinski definition) is 4. The highest BCUT2D eigenvalue weighted by atomic mass is 16.5. The van der Waals surface area contributed by atoms with Gasteiger partial charge in [0.25, 0.3) is 5.91 Å². The Kier molecular flexibility index (Phi) is 4.44. The molecule has 0 atom stereocenters. The number of benzene rings is 2. The highest BCUT2D eigenvalue weighted by Gasteiger charge is 2.05. The minimum atomic E-state index is -0.451. The maximum atomic E-state index is 11.2. The molecule has 0 unspecified atom stereocenters. The Morgan fingerprint density at radius 3 is 2.50 bits per heavy atom. The molecule has 0 aliphatic heterocycles. The highest BCUT2D eigenvalue weighted by Crippen LogP contribution is 2.15. The van der Waals surface area contributed by atoms with Gasteiger partial charge in [-0.2, -0.15) is 0 Å². The van der Waals surface area contributed by atoms with Crippen molar-refractivity contribution in [1.29, 1.82) is 0 Å². The Balaban J connectivity index is 1.84. The smallest absolute Gasteiger partial charge is 0.250 e. The molecule has 20 heavy (non-hydrogen) atoms. The Labute approximate surface area is 117 Å². The summed E-state index contributed by atoms with van der Waals surface area (Å²) >= 11 is 0. The molecule has 0 bridgehead atoms. The van der Waals surface area contributed by atoms with Crippen molar-refractivity contribution >= 4 is 17.3 Å². The van der Waals surface area contributed by atoms with Gasteiger partial charge >= 0.3 is 0 Å². The molecule has 0 fully saturated rings. The van der Waals surface area contributed by atoms with Crippen LogP contribution in [0.15, 0.2) is 48.5 Å². The topological polar surface area (TPSA) is 90.4 Å². The van der Waals surface area contributed by atoms with E-state index >= 15 is 0 Å². The second-order valence-electron chi connectivity index (χ2n) is 4.25. The maximum absolute atomic E-state index is 11.2. The SMILES string of the molecule is NC(=O)c1ccccc1NCCOc1ccc(N)cc1. The molecule has 104 valence electrons. The van der Waals surface area contributed by atoms with Crippen molar-refractivity contribution < 1.29 is 9.53 Å². The zero-order chi connectivity index (χ0) is 14.4. The molecule has 2 rings (SSSR count). The first-order chi connectivity index (χ1) is 9.66. The van der Waals surface area contributed by atoms with Crippen LogP contribution in [0, 0.1) is 0 Å². The number of hydrogen-bond donors (Lipinski definition) is 3. The summed E-state index contributed by atoms with van der Waals surface area (Å²) in [5, 5.41) is 3.13. The molecule has 2 aromatic rings. The van der Waals surface area contributed by atoms with Crippen LogP contribution in [0.5, 0.6) is 5.75 Å². The fourth-order valence-corrected chi connectivity index (χ4v) is 1.77. The Bertz CT molecular complexity index is 582. The first-order valence-corrected chi connectivity index (χ1v) is 6.28. The summed E-state index contributed by atoms with van der Waals surface area (Å²) in [6, 6.07) is 14.3. The van der Waals surface area contributed by atoms with E-state index in [2.05, 4.69) is 5.32 Å². The largest absolute Gasteiger partial charge is 0.492 e. The molecule has 0 aromatic heterocycles. The number of anilines is 2. The number of amides is 1. The lowest BCUT2D eigenvalue weighted by molar-refractivity contribution is 0.100. The van der Waals surface area contributed by atoms with Gasteiger partial charge in [0.05, 0.1) is 5.56 Å². The van der Waals surface area contributed by atoms with Gasteiger partial charge in [-0.3, -0.25) is 4.79 Å². The third-order valence-electron chi connectivity index (χ3n) is 2.76. The molecule has 1 amide bonds. The molecule has 5 N–H and O–H groups in total. The van der Waals surface area contributed by atoms with Crippen molar-refractivity contribution in [3.05, 3.63) is 54.1 Å². The molecule has 5 nitrogen and oxygen atoms in total. The number of nitrogen functional groups attached to an aromatic ring is 1. The molecular formula is C15H17N3O2. The molecular weight excluding hydrogens is 254 g/mol. The van der Waals surface area contributed by atoms with Gasteiger partial charge in [0.1, 0.15) is 12.4 Å². The van der Waals surface area contributed by atoms with Gasteiger partial charge in [-0.15, -0.1) is 0 Å². The van der Waals surface area contributed by atoms with Crippen LogP contribution in [0.4, 0.5) is 11.4 Å². The molecule has 0 heterocycles. The fraction of sp³-hybridized carbons (Fsp3) is 0.133. The van der Waals surface area contributed by atoms with Crippen LogP contribution < -0.4 is 21.5 Å². The van der Waals surface area contributed by atoms with Crippen molar-refractivity contribution in [2.45, 2.75) is 0 Å². The molecule has 0 spiro atoms. The summed E-state index contributed by atoms with van der Waals surface area (Å²) in [6.45, 7) is 1.03. The number of rotatable bonds is 6. The number of carbonyl (C=O) groups excluding carboxylic acids is 1. The zero-order valence-electron chi connectivity index (χ0n) is 11.0. The fourth-order valence-electron chi connectivity index (χ4n) is 1.77. The van der Waals surface area contributed by atoms with Gasteiger partial charge in [-0.05, 0) is 36.4 Å². The Morgan fingerprint density at radius 1 is 1.10 bits per heavy atom. The van der Waals surface area contributed by atoms with Crippen molar-refractivity contribution in [3.8, 4) is 5.75 Å². The monoisotopic (exact) mass is 271 g/mol. The van der Waals surface area contributed by atoms with Crippen LogP contribution in [-0.2, 0) is 0 Å². The predicted molar refractivity (Wildman–Crippen MR) is 79.8 cm³/mol. The van der Waals surface area contributed by atoms with Crippen LogP contribution in [0.1, 0.15) is 10.4 Å². The van der Waals surface area contributed by atoms with Gasteiger partial charge in [-0.1, -0.05) is 12.1 Å². The van der Waals surface area contributed by atoms with E-state index in [1.54, 1.807) is 24.3 Å². The van der Waals surface area contributed by atoms with Crippen LogP contribution in [0.3, 0.4) is 0 Å². The van der Waals surface area contributed by atoms with Gasteiger partial charge in [-0.25, -0.2) is 0 Å². The van der Waals surface area contributed by atoms with E-state index in [0.29, 0.717) is 30.1 Å². The summed E-state index contributed by atoms with van der Waals surface area (Å²) in [7, 11) is 0. The predicted octanol–water partition coefficient (Wildman–Crippen LogP) is 1.86. The average Bonchev–Trinajstić information content (AvgIpc) is 2.46. The molecule has 0 aliphatic rings. The lowest BCUT2D eigenvalue weighted by Gasteiger charge is -2.11. The van der Waals surface area contributed by atoms with E-state index in [1.807, 2.05) is 24.3 Å². The average molecular weight is 271 g/mol. The van der Waals surface area contributed by atoms with E-state index in [4.69, 9.17) is 16.2 Å². The standard InChI is InChI=1S/C15H17N3O2/c16-11-5-7-12(8-6-11)20-10-9-18-14-4-2-1-3-13(14)15(17)19/h1-8,18H,9-10,16H2,(H2,17,19). The van der Waals surface area contributed by atoms with E-state index in [1.165, 1.54) is 0 Å². The van der Waals surface area contributed by atoms with Crippen LogP contribution in [0.2, 0.25) is 0 Å². The van der Waals surface area contributed by atoms with Crippen LogP contribution >= 0.6 is 0 Å². The summed E-state index contributed by atoms with van der Waals surface area (Å²) in [5.41, 5.74) is 12.8.